The molecule has 0 spiro atoms. The van der Waals surface area contributed by atoms with E-state index in [-0.39, 0.29) is 5.84 Å². The topological polar surface area (TPSA) is 82.9 Å². The molecular weight excluding hydrogens is 218 g/mol. The maximum atomic E-state index is 6.05. The van der Waals surface area contributed by atoms with E-state index >= 15 is 0 Å². The Morgan fingerprint density at radius 2 is 2.00 bits per heavy atom. The van der Waals surface area contributed by atoms with Crippen molar-refractivity contribution in [2.75, 3.05) is 14.2 Å². The van der Waals surface area contributed by atoms with Gasteiger partial charge in [-0.2, -0.15) is 5.10 Å². The van der Waals surface area contributed by atoms with Crippen molar-refractivity contribution in [1.29, 1.82) is 0 Å². The standard InChI is InChI=1S/C9H12ClN3O2/c1-14-6-4-3-5(9(11)13-12)7(10)8(6)15-2/h3-4H,12H2,1-2H3,(H2,11,13). The zero-order valence-corrected chi connectivity index (χ0v) is 9.21. The van der Waals surface area contributed by atoms with Crippen molar-refractivity contribution >= 4 is 17.4 Å². The van der Waals surface area contributed by atoms with Crippen LogP contribution in [0.5, 0.6) is 11.5 Å². The van der Waals surface area contributed by atoms with Gasteiger partial charge in [0.05, 0.1) is 19.2 Å². The van der Waals surface area contributed by atoms with Gasteiger partial charge in [0.15, 0.2) is 17.3 Å². The summed E-state index contributed by atoms with van der Waals surface area (Å²) in [5.41, 5.74) is 6.07. The molecule has 5 nitrogen and oxygen atoms in total. The summed E-state index contributed by atoms with van der Waals surface area (Å²) in [5, 5.41) is 3.69. The highest BCUT2D eigenvalue weighted by Crippen LogP contribution is 2.36. The molecule has 0 heterocycles. The van der Waals surface area contributed by atoms with Gasteiger partial charge >= 0.3 is 0 Å². The van der Waals surface area contributed by atoms with Crippen LogP contribution in [0.2, 0.25) is 5.02 Å². The highest BCUT2D eigenvalue weighted by Gasteiger charge is 2.14. The first-order chi connectivity index (χ1) is 7.15. The first-order valence-corrected chi connectivity index (χ1v) is 4.47. The molecular formula is C9H12ClN3O2. The van der Waals surface area contributed by atoms with Crippen molar-refractivity contribution in [2.24, 2.45) is 16.7 Å². The molecule has 15 heavy (non-hydrogen) atoms. The van der Waals surface area contributed by atoms with Gasteiger partial charge in [0.2, 0.25) is 0 Å². The van der Waals surface area contributed by atoms with E-state index in [1.807, 2.05) is 0 Å². The molecule has 0 radical (unpaired) electrons. The first kappa shape index (κ1) is 11.5. The molecule has 0 aliphatic carbocycles. The van der Waals surface area contributed by atoms with Gasteiger partial charge < -0.3 is 21.1 Å². The van der Waals surface area contributed by atoms with Crippen LogP contribution < -0.4 is 21.1 Å². The number of hydrogen-bond donors (Lipinski definition) is 2. The molecule has 0 unspecified atom stereocenters. The molecule has 1 aromatic rings. The lowest BCUT2D eigenvalue weighted by Gasteiger charge is -2.11. The fourth-order valence-electron chi connectivity index (χ4n) is 1.16. The van der Waals surface area contributed by atoms with Crippen LogP contribution in [0, 0.1) is 0 Å². The summed E-state index contributed by atoms with van der Waals surface area (Å²) in [6, 6.07) is 3.34. The van der Waals surface area contributed by atoms with Crippen LogP contribution in [0.3, 0.4) is 0 Å². The van der Waals surface area contributed by atoms with Gasteiger partial charge in [-0.05, 0) is 12.1 Å². The largest absolute Gasteiger partial charge is 0.493 e. The molecule has 0 aliphatic rings. The Kier molecular flexibility index (Phi) is 3.62. The van der Waals surface area contributed by atoms with E-state index in [2.05, 4.69) is 5.10 Å². The number of hydrogen-bond acceptors (Lipinski definition) is 4. The zero-order valence-electron chi connectivity index (χ0n) is 8.45. The number of rotatable bonds is 3. The van der Waals surface area contributed by atoms with Crippen LogP contribution in [0.1, 0.15) is 5.56 Å². The summed E-state index contributed by atoms with van der Waals surface area (Å²) in [7, 11) is 3.01. The van der Waals surface area contributed by atoms with Crippen LogP contribution in [-0.4, -0.2) is 20.1 Å². The van der Waals surface area contributed by atoms with Crippen LogP contribution in [-0.2, 0) is 0 Å². The SMILES string of the molecule is COc1ccc(C(N)=NN)c(Cl)c1OC. The van der Waals surface area contributed by atoms with Crippen LogP contribution >= 0.6 is 11.6 Å². The number of hydrazone groups is 1. The third-order valence-electron chi connectivity index (χ3n) is 1.90. The second-order valence-electron chi connectivity index (χ2n) is 2.68. The van der Waals surface area contributed by atoms with Crippen LogP contribution in [0.25, 0.3) is 0 Å². The highest BCUT2D eigenvalue weighted by atomic mass is 35.5. The number of methoxy groups -OCH3 is 2. The molecule has 0 saturated heterocycles. The number of nitrogens with zero attached hydrogens (tertiary/aromatic N) is 1. The Balaban J connectivity index is 3.35. The summed E-state index contributed by atoms with van der Waals surface area (Å²) in [5.74, 6) is 6.14. The Bertz CT molecular complexity index is 393. The summed E-state index contributed by atoms with van der Waals surface area (Å²) >= 11 is 6.05. The predicted octanol–water partition coefficient (Wildman–Crippen LogP) is 0.936. The van der Waals surface area contributed by atoms with Gasteiger partial charge in [0, 0.05) is 5.56 Å². The molecule has 0 amide bonds. The van der Waals surface area contributed by atoms with E-state index < -0.39 is 0 Å². The Morgan fingerprint density at radius 1 is 1.33 bits per heavy atom. The third kappa shape index (κ3) is 2.07. The lowest BCUT2D eigenvalue weighted by atomic mass is 10.2. The normalized spacial score (nSPS) is 11.3. The lowest BCUT2D eigenvalue weighted by Crippen LogP contribution is -2.16. The summed E-state index contributed by atoms with van der Waals surface area (Å²) in [6.07, 6.45) is 0. The van der Waals surface area contributed by atoms with Crippen molar-refractivity contribution in [3.05, 3.63) is 22.7 Å². The van der Waals surface area contributed by atoms with E-state index in [4.69, 9.17) is 32.7 Å². The summed E-state index contributed by atoms with van der Waals surface area (Å²) in [4.78, 5) is 0. The number of nitrogens with two attached hydrogens (primary N) is 2. The van der Waals surface area contributed by atoms with Gasteiger partial charge in [-0.3, -0.25) is 0 Å². The molecule has 4 N–H and O–H groups in total. The average molecular weight is 230 g/mol. The molecule has 6 heteroatoms. The average Bonchev–Trinajstić information content (AvgIpc) is 2.27. The number of amidine groups is 1. The highest BCUT2D eigenvalue weighted by molar-refractivity contribution is 6.35. The van der Waals surface area contributed by atoms with Gasteiger partial charge in [0.1, 0.15) is 0 Å². The summed E-state index contributed by atoms with van der Waals surface area (Å²) < 4.78 is 10.2. The minimum absolute atomic E-state index is 0.140. The van der Waals surface area contributed by atoms with Gasteiger partial charge in [-0.1, -0.05) is 11.6 Å². The van der Waals surface area contributed by atoms with Crippen molar-refractivity contribution in [2.45, 2.75) is 0 Å². The van der Waals surface area contributed by atoms with Crippen LogP contribution in [0.15, 0.2) is 17.2 Å². The van der Waals surface area contributed by atoms with E-state index in [1.165, 1.54) is 14.2 Å². The maximum absolute atomic E-state index is 6.05. The van der Waals surface area contributed by atoms with E-state index in [0.717, 1.165) is 0 Å². The fourth-order valence-corrected chi connectivity index (χ4v) is 1.49. The van der Waals surface area contributed by atoms with Crippen molar-refractivity contribution < 1.29 is 9.47 Å². The fraction of sp³-hybridized carbons (Fsp3) is 0.222. The molecule has 1 rings (SSSR count). The van der Waals surface area contributed by atoms with Crippen molar-refractivity contribution in [3.8, 4) is 11.5 Å². The summed E-state index contributed by atoms with van der Waals surface area (Å²) in [6.45, 7) is 0. The van der Waals surface area contributed by atoms with E-state index in [9.17, 15) is 0 Å². The monoisotopic (exact) mass is 229 g/mol. The molecule has 0 atom stereocenters. The molecule has 0 saturated carbocycles. The molecule has 1 aromatic carbocycles. The Morgan fingerprint density at radius 3 is 2.47 bits per heavy atom. The second kappa shape index (κ2) is 4.75. The van der Waals surface area contributed by atoms with Crippen molar-refractivity contribution in [1.82, 2.24) is 0 Å². The van der Waals surface area contributed by atoms with Crippen LogP contribution in [0.4, 0.5) is 0 Å². The smallest absolute Gasteiger partial charge is 0.180 e. The third-order valence-corrected chi connectivity index (χ3v) is 2.28. The number of ether oxygens (including phenoxy) is 2. The quantitative estimate of drug-likeness (QED) is 0.350. The Hall–Kier alpha value is -1.62. The Labute approximate surface area is 92.6 Å². The maximum Gasteiger partial charge on any atom is 0.180 e. The zero-order chi connectivity index (χ0) is 11.4. The molecule has 82 valence electrons. The van der Waals surface area contributed by atoms with Crippen molar-refractivity contribution in [3.63, 3.8) is 0 Å². The lowest BCUT2D eigenvalue weighted by molar-refractivity contribution is 0.355. The van der Waals surface area contributed by atoms with Gasteiger partial charge in [0.25, 0.3) is 0 Å². The molecule has 0 aliphatic heterocycles. The predicted molar refractivity (Wildman–Crippen MR) is 59.5 cm³/mol. The number of halogens is 1. The van der Waals surface area contributed by atoms with Gasteiger partial charge in [-0.25, -0.2) is 0 Å². The molecule has 0 aromatic heterocycles. The van der Waals surface area contributed by atoms with E-state index in [1.54, 1.807) is 12.1 Å². The minimum atomic E-state index is 0.140. The molecule has 0 fully saturated rings. The number of benzene rings is 1. The van der Waals surface area contributed by atoms with E-state index in [0.29, 0.717) is 22.1 Å². The van der Waals surface area contributed by atoms with Gasteiger partial charge in [-0.15, -0.1) is 0 Å². The second-order valence-corrected chi connectivity index (χ2v) is 3.05. The first-order valence-electron chi connectivity index (χ1n) is 4.09. The molecule has 0 bridgehead atoms. The minimum Gasteiger partial charge on any atom is -0.493 e.